The van der Waals surface area contributed by atoms with E-state index in [0.717, 1.165) is 12.0 Å². The second-order valence-electron chi connectivity index (χ2n) is 6.68. The predicted octanol–water partition coefficient (Wildman–Crippen LogP) is 3.65. The van der Waals surface area contributed by atoms with E-state index in [2.05, 4.69) is 40.6 Å². The van der Waals surface area contributed by atoms with Crippen molar-refractivity contribution in [3.05, 3.63) is 46.6 Å². The summed E-state index contributed by atoms with van der Waals surface area (Å²) in [6.07, 6.45) is 3.40. The van der Waals surface area contributed by atoms with E-state index in [4.69, 9.17) is 0 Å². The molecule has 2 fully saturated rings. The molecule has 0 bridgehead atoms. The van der Waals surface area contributed by atoms with Crippen molar-refractivity contribution < 1.29 is 4.79 Å². The predicted molar refractivity (Wildman–Crippen MR) is 86.0 cm³/mol. The van der Waals surface area contributed by atoms with Crippen molar-refractivity contribution in [3.63, 3.8) is 0 Å². The number of aryl methyl sites for hydroxylation is 1. The first-order valence-electron chi connectivity index (χ1n) is 8.06. The molecule has 4 nitrogen and oxygen atoms in total. The Morgan fingerprint density at radius 3 is 2.77 bits per heavy atom. The first kappa shape index (κ1) is 13.6. The number of nitrogens with zero attached hydrogens (tertiary/aromatic N) is 1. The van der Waals surface area contributed by atoms with Gasteiger partial charge in [-0.1, -0.05) is 24.3 Å². The normalized spacial score (nSPS) is 23.4. The summed E-state index contributed by atoms with van der Waals surface area (Å²) in [6, 6.07) is 8.35. The Morgan fingerprint density at radius 1 is 1.27 bits per heavy atom. The molecule has 1 aromatic heterocycles. The zero-order valence-electron chi connectivity index (χ0n) is 13.0. The Morgan fingerprint density at radius 2 is 2.05 bits per heavy atom. The maximum absolute atomic E-state index is 12.5. The summed E-state index contributed by atoms with van der Waals surface area (Å²) >= 11 is 0. The van der Waals surface area contributed by atoms with Gasteiger partial charge in [0.2, 0.25) is 5.91 Å². The zero-order valence-corrected chi connectivity index (χ0v) is 13.0. The molecule has 1 heterocycles. The van der Waals surface area contributed by atoms with Gasteiger partial charge in [-0.05, 0) is 50.2 Å². The molecule has 2 atom stereocenters. The van der Waals surface area contributed by atoms with Crippen LogP contribution < -0.4 is 5.32 Å². The molecular weight excluding hydrogens is 274 g/mol. The third-order valence-electron chi connectivity index (χ3n) is 4.99. The largest absolute Gasteiger partial charge is 0.309 e. The second-order valence-corrected chi connectivity index (χ2v) is 6.68. The van der Waals surface area contributed by atoms with Crippen LogP contribution in [0.4, 0.5) is 5.82 Å². The number of nitrogens with one attached hydrogen (secondary N) is 2. The van der Waals surface area contributed by atoms with Gasteiger partial charge in [-0.2, -0.15) is 5.10 Å². The van der Waals surface area contributed by atoms with E-state index >= 15 is 0 Å². The van der Waals surface area contributed by atoms with E-state index < -0.39 is 0 Å². The zero-order chi connectivity index (χ0) is 15.3. The highest BCUT2D eigenvalue weighted by Gasteiger charge is 2.44. The Kier molecular flexibility index (Phi) is 3.06. The summed E-state index contributed by atoms with van der Waals surface area (Å²) < 4.78 is 0. The molecule has 0 radical (unpaired) electrons. The minimum atomic E-state index is 0.0848. The standard InChI is InChI=1S/C18H21N3O/c1-10-5-3-4-6-13(10)14-9-15(14)18(22)19-17-11(2)16(20-21-17)12-7-8-12/h3-6,12,14-15H,7-9H2,1-2H3,(H2,19,20,21,22)/t14-,15+/m1/s1. The van der Waals surface area contributed by atoms with E-state index in [-0.39, 0.29) is 11.8 Å². The van der Waals surface area contributed by atoms with Crippen LogP contribution in [-0.2, 0) is 4.79 Å². The molecule has 0 spiro atoms. The van der Waals surface area contributed by atoms with Crippen molar-refractivity contribution in [3.8, 4) is 0 Å². The van der Waals surface area contributed by atoms with Gasteiger partial charge in [-0.15, -0.1) is 0 Å². The number of H-pyrrole nitrogens is 1. The first-order valence-corrected chi connectivity index (χ1v) is 8.06. The molecule has 0 unspecified atom stereocenters. The average molecular weight is 295 g/mol. The van der Waals surface area contributed by atoms with Crippen LogP contribution in [0.5, 0.6) is 0 Å². The smallest absolute Gasteiger partial charge is 0.229 e. The van der Waals surface area contributed by atoms with Gasteiger partial charge in [0.15, 0.2) is 5.82 Å². The monoisotopic (exact) mass is 295 g/mol. The number of rotatable bonds is 4. The molecule has 2 saturated carbocycles. The summed E-state index contributed by atoms with van der Waals surface area (Å²) in [4.78, 5) is 12.5. The molecule has 1 aromatic carbocycles. The first-order chi connectivity index (χ1) is 10.6. The SMILES string of the molecule is Cc1ccccc1[C@H]1C[C@@H]1C(=O)Nc1n[nH]c(C2CC2)c1C. The van der Waals surface area contributed by atoms with Gasteiger partial charge in [0.25, 0.3) is 0 Å². The lowest BCUT2D eigenvalue weighted by atomic mass is 10.0. The van der Waals surface area contributed by atoms with Crippen molar-refractivity contribution >= 4 is 11.7 Å². The molecule has 0 aliphatic heterocycles. The summed E-state index contributed by atoms with van der Waals surface area (Å²) in [7, 11) is 0. The highest BCUT2D eigenvalue weighted by atomic mass is 16.2. The minimum Gasteiger partial charge on any atom is -0.309 e. The molecule has 0 saturated heterocycles. The van der Waals surface area contributed by atoms with Crippen molar-refractivity contribution in [2.75, 3.05) is 5.32 Å². The molecule has 4 heteroatoms. The fourth-order valence-electron chi connectivity index (χ4n) is 3.34. The third kappa shape index (κ3) is 2.32. The van der Waals surface area contributed by atoms with Gasteiger partial charge in [0.1, 0.15) is 0 Å². The number of aromatic nitrogens is 2. The number of benzene rings is 1. The quantitative estimate of drug-likeness (QED) is 0.904. The number of carbonyl (C=O) groups excluding carboxylic acids is 1. The lowest BCUT2D eigenvalue weighted by Gasteiger charge is -2.05. The third-order valence-corrected chi connectivity index (χ3v) is 4.99. The van der Waals surface area contributed by atoms with Crippen LogP contribution in [0.3, 0.4) is 0 Å². The fraction of sp³-hybridized carbons (Fsp3) is 0.444. The number of anilines is 1. The van der Waals surface area contributed by atoms with Crippen LogP contribution in [0.1, 0.15) is 53.5 Å². The van der Waals surface area contributed by atoms with E-state index in [0.29, 0.717) is 17.7 Å². The lowest BCUT2D eigenvalue weighted by molar-refractivity contribution is -0.117. The van der Waals surface area contributed by atoms with Crippen LogP contribution in [0.25, 0.3) is 0 Å². The van der Waals surface area contributed by atoms with Crippen LogP contribution in [-0.4, -0.2) is 16.1 Å². The molecular formula is C18H21N3O. The Balaban J connectivity index is 1.45. The molecule has 4 rings (SSSR count). The van der Waals surface area contributed by atoms with E-state index in [1.54, 1.807) is 0 Å². The van der Waals surface area contributed by atoms with Gasteiger partial charge >= 0.3 is 0 Å². The highest BCUT2D eigenvalue weighted by Crippen LogP contribution is 2.49. The molecule has 1 amide bonds. The van der Waals surface area contributed by atoms with Gasteiger partial charge < -0.3 is 5.32 Å². The average Bonchev–Trinajstić information content (AvgIpc) is 3.41. The second kappa shape index (κ2) is 4.97. The Hall–Kier alpha value is -2.10. The summed E-state index contributed by atoms with van der Waals surface area (Å²) in [5.41, 5.74) is 4.88. The van der Waals surface area contributed by atoms with Gasteiger partial charge in [-0.25, -0.2) is 0 Å². The summed E-state index contributed by atoms with van der Waals surface area (Å²) in [6.45, 7) is 4.15. The Labute approximate surface area is 130 Å². The number of hydrogen-bond donors (Lipinski definition) is 2. The number of hydrogen-bond acceptors (Lipinski definition) is 2. The highest BCUT2D eigenvalue weighted by molar-refractivity contribution is 5.95. The van der Waals surface area contributed by atoms with E-state index in [1.165, 1.54) is 29.7 Å². The molecule has 114 valence electrons. The maximum atomic E-state index is 12.5. The van der Waals surface area contributed by atoms with E-state index in [1.807, 2.05) is 13.0 Å². The molecule has 2 aliphatic rings. The topological polar surface area (TPSA) is 57.8 Å². The molecule has 2 aromatic rings. The van der Waals surface area contributed by atoms with Gasteiger partial charge in [-0.3, -0.25) is 9.89 Å². The van der Waals surface area contributed by atoms with Gasteiger partial charge in [0, 0.05) is 23.1 Å². The van der Waals surface area contributed by atoms with Crippen LogP contribution in [0, 0.1) is 19.8 Å². The van der Waals surface area contributed by atoms with Crippen molar-refractivity contribution in [2.45, 2.75) is 44.9 Å². The van der Waals surface area contributed by atoms with Crippen molar-refractivity contribution in [1.29, 1.82) is 0 Å². The van der Waals surface area contributed by atoms with Crippen LogP contribution in [0.2, 0.25) is 0 Å². The number of amides is 1. The molecule has 22 heavy (non-hydrogen) atoms. The van der Waals surface area contributed by atoms with Crippen molar-refractivity contribution in [2.24, 2.45) is 5.92 Å². The van der Waals surface area contributed by atoms with Crippen LogP contribution >= 0.6 is 0 Å². The van der Waals surface area contributed by atoms with Crippen LogP contribution in [0.15, 0.2) is 24.3 Å². The summed E-state index contributed by atoms with van der Waals surface area (Å²) in [5.74, 6) is 1.89. The molecule has 2 N–H and O–H groups in total. The lowest BCUT2D eigenvalue weighted by Crippen LogP contribution is -2.15. The minimum absolute atomic E-state index is 0.0848. The van der Waals surface area contributed by atoms with E-state index in [9.17, 15) is 4.79 Å². The number of aromatic amines is 1. The maximum Gasteiger partial charge on any atom is 0.229 e. The molecule has 2 aliphatic carbocycles. The van der Waals surface area contributed by atoms with Gasteiger partial charge in [0.05, 0.1) is 0 Å². The fourth-order valence-corrected chi connectivity index (χ4v) is 3.34. The Bertz CT molecular complexity index is 730. The summed E-state index contributed by atoms with van der Waals surface area (Å²) in [5, 5.41) is 10.4. The van der Waals surface area contributed by atoms with Crippen molar-refractivity contribution in [1.82, 2.24) is 10.2 Å². The number of carbonyl (C=O) groups is 1.